The summed E-state index contributed by atoms with van der Waals surface area (Å²) in [6, 6.07) is 3.88. The smallest absolute Gasteiger partial charge is 0.526 e. The molecular weight excluding hydrogens is 341 g/mol. The van der Waals surface area contributed by atoms with Crippen molar-refractivity contribution in [1.29, 1.82) is 0 Å². The van der Waals surface area contributed by atoms with Crippen LogP contribution in [0.5, 0.6) is 5.75 Å². The third kappa shape index (κ3) is 3.53. The number of carbonyl (C=O) groups is 1. The highest BCUT2D eigenvalue weighted by Gasteiger charge is 2.54. The summed E-state index contributed by atoms with van der Waals surface area (Å²) in [5, 5.41) is 19.7. The van der Waals surface area contributed by atoms with Gasteiger partial charge in [-0.2, -0.15) is 0 Å². The van der Waals surface area contributed by atoms with Gasteiger partial charge in [-0.15, -0.1) is 11.8 Å². The third-order valence-electron chi connectivity index (χ3n) is 5.19. The van der Waals surface area contributed by atoms with Crippen LogP contribution >= 0.6 is 11.8 Å². The Morgan fingerprint density at radius 1 is 1.36 bits per heavy atom. The monoisotopic (exact) mass is 363 g/mol. The van der Waals surface area contributed by atoms with Crippen LogP contribution in [0.1, 0.15) is 34.7 Å². The normalized spacial score (nSPS) is 25.1. The average molecular weight is 363 g/mol. The van der Waals surface area contributed by atoms with Crippen LogP contribution in [0.4, 0.5) is 0 Å². The molecule has 2 N–H and O–H groups in total. The molecule has 1 aromatic carbocycles. The first kappa shape index (κ1) is 17.2. The van der Waals surface area contributed by atoms with Crippen LogP contribution in [0.15, 0.2) is 17.0 Å². The summed E-state index contributed by atoms with van der Waals surface area (Å²) >= 11 is 1.55. The molecule has 6 nitrogen and oxygen atoms in total. The fourth-order valence-electron chi connectivity index (χ4n) is 3.71. The molecule has 2 fully saturated rings. The number of carboxylic acids is 1. The summed E-state index contributed by atoms with van der Waals surface area (Å²) in [6.45, 7) is 4.53. The Bertz CT molecular complexity index is 667. The van der Waals surface area contributed by atoms with E-state index in [0.29, 0.717) is 5.75 Å². The van der Waals surface area contributed by atoms with Crippen LogP contribution in [-0.4, -0.2) is 66.7 Å². The first-order valence-corrected chi connectivity index (χ1v) is 9.81. The molecule has 2 atom stereocenters. The van der Waals surface area contributed by atoms with Gasteiger partial charge in [0.15, 0.2) is 0 Å². The van der Waals surface area contributed by atoms with Crippen LogP contribution in [0.3, 0.4) is 0 Å². The number of hydrogen-bond donors (Lipinski definition) is 2. The van der Waals surface area contributed by atoms with Gasteiger partial charge in [-0.05, 0) is 42.7 Å². The molecule has 0 amide bonds. The van der Waals surface area contributed by atoms with Crippen LogP contribution in [0, 0.1) is 0 Å². The number of thioether (sulfide) groups is 1. The maximum Gasteiger partial charge on any atom is 0.526 e. The van der Waals surface area contributed by atoms with Crippen molar-refractivity contribution in [3.63, 3.8) is 0 Å². The molecule has 1 saturated carbocycles. The van der Waals surface area contributed by atoms with Gasteiger partial charge >= 0.3 is 13.1 Å². The number of rotatable bonds is 6. The van der Waals surface area contributed by atoms with E-state index in [-0.39, 0.29) is 17.3 Å². The second kappa shape index (κ2) is 7.19. The van der Waals surface area contributed by atoms with E-state index in [1.165, 1.54) is 0 Å². The lowest BCUT2D eigenvalue weighted by Crippen LogP contribution is -2.36. The molecule has 0 bridgehead atoms. The number of fused-ring (bicyclic) bond motifs is 3. The van der Waals surface area contributed by atoms with Crippen molar-refractivity contribution in [3.8, 4) is 5.75 Å². The van der Waals surface area contributed by atoms with Gasteiger partial charge in [-0.1, -0.05) is 6.07 Å². The molecule has 25 heavy (non-hydrogen) atoms. The Morgan fingerprint density at radius 2 is 2.16 bits per heavy atom. The Hall–Kier alpha value is -1.22. The van der Waals surface area contributed by atoms with Gasteiger partial charge in [0.2, 0.25) is 0 Å². The maximum absolute atomic E-state index is 11.8. The number of aromatic carboxylic acids is 1. The SMILES string of the molecule is O=C(O)c1c(SCCCN2CCOCC2)ccc2c1OB(O)[C@H]1C[C@@H]21. The first-order valence-electron chi connectivity index (χ1n) is 8.83. The number of carboxylic acid groups (broad SMARTS) is 1. The van der Waals surface area contributed by atoms with E-state index in [1.54, 1.807) is 11.8 Å². The minimum absolute atomic E-state index is 0.126. The van der Waals surface area contributed by atoms with E-state index in [1.807, 2.05) is 12.1 Å². The van der Waals surface area contributed by atoms with E-state index in [9.17, 15) is 14.9 Å². The minimum atomic E-state index is -0.987. The molecule has 8 heteroatoms. The highest BCUT2D eigenvalue weighted by Crippen LogP contribution is 2.60. The number of benzene rings is 1. The molecule has 134 valence electrons. The number of morpholine rings is 1. The lowest BCUT2D eigenvalue weighted by Gasteiger charge is -2.26. The van der Waals surface area contributed by atoms with Crippen LogP contribution in [0.25, 0.3) is 0 Å². The first-order chi connectivity index (χ1) is 12.1. The summed E-state index contributed by atoms with van der Waals surface area (Å²) < 4.78 is 10.9. The second-order valence-corrected chi connectivity index (χ2v) is 7.97. The largest absolute Gasteiger partial charge is 0.535 e. The van der Waals surface area contributed by atoms with Crippen molar-refractivity contribution in [2.24, 2.45) is 0 Å². The Labute approximate surface area is 151 Å². The van der Waals surface area contributed by atoms with Crippen molar-refractivity contribution in [2.75, 3.05) is 38.6 Å². The number of hydrogen-bond acceptors (Lipinski definition) is 6. The molecule has 0 radical (unpaired) electrons. The van der Waals surface area contributed by atoms with Crippen molar-refractivity contribution in [1.82, 2.24) is 4.90 Å². The van der Waals surface area contributed by atoms with Gasteiger partial charge < -0.3 is 19.5 Å². The van der Waals surface area contributed by atoms with Crippen LogP contribution in [0.2, 0.25) is 5.82 Å². The highest BCUT2D eigenvalue weighted by molar-refractivity contribution is 7.99. The molecule has 2 heterocycles. The standard InChI is InChI=1S/C17H22BNO5S/c20-17(21)15-14(25-9-1-4-19-5-7-23-8-6-19)3-2-11-12-10-13(12)18(22)24-16(11)15/h2-3,12-13,22H,1,4-10H2,(H,20,21)/t12-,13-/m0/s1. The van der Waals surface area contributed by atoms with Gasteiger partial charge in [0, 0.05) is 23.8 Å². The lowest BCUT2D eigenvalue weighted by atomic mass is 9.77. The topological polar surface area (TPSA) is 79.2 Å². The van der Waals surface area contributed by atoms with Crippen LogP contribution in [-0.2, 0) is 4.74 Å². The Morgan fingerprint density at radius 3 is 2.92 bits per heavy atom. The van der Waals surface area contributed by atoms with Gasteiger partial charge in [-0.3, -0.25) is 4.90 Å². The van der Waals surface area contributed by atoms with Crippen molar-refractivity contribution < 1.29 is 24.3 Å². The molecule has 1 saturated heterocycles. The lowest BCUT2D eigenvalue weighted by molar-refractivity contribution is 0.0381. The minimum Gasteiger partial charge on any atom is -0.535 e. The zero-order valence-electron chi connectivity index (χ0n) is 14.0. The number of ether oxygens (including phenoxy) is 1. The van der Waals surface area contributed by atoms with Gasteiger partial charge in [0.05, 0.1) is 13.2 Å². The maximum atomic E-state index is 11.8. The molecule has 2 aliphatic heterocycles. The molecule has 4 rings (SSSR count). The highest BCUT2D eigenvalue weighted by atomic mass is 32.2. The van der Waals surface area contributed by atoms with E-state index >= 15 is 0 Å². The zero-order valence-corrected chi connectivity index (χ0v) is 14.8. The van der Waals surface area contributed by atoms with E-state index in [4.69, 9.17) is 9.39 Å². The molecule has 1 aliphatic carbocycles. The van der Waals surface area contributed by atoms with Crippen molar-refractivity contribution >= 4 is 24.8 Å². The van der Waals surface area contributed by atoms with Gasteiger partial charge in [-0.25, -0.2) is 4.79 Å². The Balaban J connectivity index is 1.42. The second-order valence-electron chi connectivity index (χ2n) is 6.83. The quantitative estimate of drug-likeness (QED) is 0.454. The molecule has 0 unspecified atom stereocenters. The molecule has 3 aliphatic rings. The predicted octanol–water partition coefficient (Wildman–Crippen LogP) is 1.93. The van der Waals surface area contributed by atoms with E-state index in [0.717, 1.165) is 61.9 Å². The fraction of sp³-hybridized carbons (Fsp3) is 0.588. The summed E-state index contributed by atoms with van der Waals surface area (Å²) in [4.78, 5) is 14.9. The van der Waals surface area contributed by atoms with Crippen LogP contribution < -0.4 is 4.65 Å². The fourth-order valence-corrected chi connectivity index (χ4v) is 4.70. The van der Waals surface area contributed by atoms with Crippen molar-refractivity contribution in [2.45, 2.75) is 29.5 Å². The molecule has 0 spiro atoms. The zero-order chi connectivity index (χ0) is 17.4. The average Bonchev–Trinajstić information content (AvgIpc) is 3.40. The summed E-state index contributed by atoms with van der Waals surface area (Å²) in [6.07, 6.45) is 1.87. The number of nitrogens with zero attached hydrogens (tertiary/aromatic N) is 1. The molecule has 1 aromatic rings. The Kier molecular flexibility index (Phi) is 4.95. The summed E-state index contributed by atoms with van der Waals surface area (Å²) in [5.41, 5.74) is 1.14. The van der Waals surface area contributed by atoms with E-state index < -0.39 is 13.1 Å². The van der Waals surface area contributed by atoms with Gasteiger partial charge in [0.25, 0.3) is 0 Å². The van der Waals surface area contributed by atoms with Crippen molar-refractivity contribution in [3.05, 3.63) is 23.3 Å². The third-order valence-corrected chi connectivity index (χ3v) is 6.33. The molecule has 0 aromatic heterocycles. The van der Waals surface area contributed by atoms with E-state index in [2.05, 4.69) is 4.90 Å². The molecular formula is C17H22BNO5S. The summed E-state index contributed by atoms with van der Waals surface area (Å²) in [7, 11) is -0.878. The predicted molar refractivity (Wildman–Crippen MR) is 95.7 cm³/mol. The van der Waals surface area contributed by atoms with Gasteiger partial charge in [0.1, 0.15) is 11.3 Å². The summed E-state index contributed by atoms with van der Waals surface area (Å²) in [5.74, 6) is 0.611.